The molecular formula is C13H8BrClO2. The zero-order valence-corrected chi connectivity index (χ0v) is 11.0. The number of ether oxygens (including phenoxy) is 1. The molecule has 2 nitrogen and oxygen atoms in total. The van der Waals surface area contributed by atoms with Crippen LogP contribution in [0.5, 0.6) is 11.5 Å². The lowest BCUT2D eigenvalue weighted by atomic mass is 10.2. The van der Waals surface area contributed by atoms with E-state index in [1.807, 2.05) is 24.3 Å². The highest BCUT2D eigenvalue weighted by atomic mass is 79.9. The van der Waals surface area contributed by atoms with Gasteiger partial charge < -0.3 is 4.74 Å². The molecule has 4 heteroatoms. The first kappa shape index (κ1) is 12.1. The van der Waals surface area contributed by atoms with Crippen molar-refractivity contribution in [3.05, 3.63) is 57.5 Å². The second-order valence-electron chi connectivity index (χ2n) is 3.36. The summed E-state index contributed by atoms with van der Waals surface area (Å²) in [5.41, 5.74) is 0.526. The molecule has 0 aliphatic carbocycles. The van der Waals surface area contributed by atoms with Crippen molar-refractivity contribution in [1.82, 2.24) is 0 Å². The van der Waals surface area contributed by atoms with E-state index < -0.39 is 0 Å². The maximum atomic E-state index is 10.6. The summed E-state index contributed by atoms with van der Waals surface area (Å²) in [4.78, 5) is 10.6. The van der Waals surface area contributed by atoms with Crippen LogP contribution in [0.15, 0.2) is 46.9 Å². The van der Waals surface area contributed by atoms with Crippen molar-refractivity contribution in [2.24, 2.45) is 0 Å². The minimum Gasteiger partial charge on any atom is -0.456 e. The molecule has 0 heterocycles. The smallest absolute Gasteiger partial charge is 0.150 e. The van der Waals surface area contributed by atoms with Gasteiger partial charge in [0.25, 0.3) is 0 Å². The lowest BCUT2D eigenvalue weighted by molar-refractivity contribution is 0.112. The minimum atomic E-state index is 0.414. The lowest BCUT2D eigenvalue weighted by Gasteiger charge is -2.07. The van der Waals surface area contributed by atoms with Crippen LogP contribution in [-0.4, -0.2) is 6.29 Å². The van der Waals surface area contributed by atoms with Crippen LogP contribution in [0.2, 0.25) is 5.02 Å². The van der Waals surface area contributed by atoms with Crippen molar-refractivity contribution in [2.75, 3.05) is 0 Å². The Morgan fingerprint density at radius 2 is 1.82 bits per heavy atom. The van der Waals surface area contributed by atoms with E-state index >= 15 is 0 Å². The number of rotatable bonds is 3. The van der Waals surface area contributed by atoms with E-state index in [0.717, 1.165) is 10.8 Å². The topological polar surface area (TPSA) is 26.3 Å². The molecule has 0 fully saturated rings. The molecule has 0 aliphatic heterocycles. The molecule has 0 atom stereocenters. The van der Waals surface area contributed by atoms with E-state index in [2.05, 4.69) is 15.9 Å². The number of halogens is 2. The average molecular weight is 312 g/mol. The molecule has 2 aromatic carbocycles. The second-order valence-corrected chi connectivity index (χ2v) is 4.69. The minimum absolute atomic E-state index is 0.414. The van der Waals surface area contributed by atoms with Gasteiger partial charge in [0.1, 0.15) is 17.8 Å². The highest BCUT2D eigenvalue weighted by molar-refractivity contribution is 9.10. The van der Waals surface area contributed by atoms with Gasteiger partial charge in [0.2, 0.25) is 0 Å². The van der Waals surface area contributed by atoms with Gasteiger partial charge in [0.15, 0.2) is 0 Å². The van der Waals surface area contributed by atoms with Crippen LogP contribution in [0.4, 0.5) is 0 Å². The fourth-order valence-electron chi connectivity index (χ4n) is 1.30. The maximum Gasteiger partial charge on any atom is 0.150 e. The monoisotopic (exact) mass is 310 g/mol. The SMILES string of the molecule is O=Cc1ccc(Oc2ccc(Br)cc2)c(Cl)c1. The van der Waals surface area contributed by atoms with Crippen LogP contribution in [0.25, 0.3) is 0 Å². The highest BCUT2D eigenvalue weighted by Crippen LogP contribution is 2.30. The molecule has 86 valence electrons. The van der Waals surface area contributed by atoms with E-state index in [0.29, 0.717) is 22.1 Å². The lowest BCUT2D eigenvalue weighted by Crippen LogP contribution is -1.87. The molecule has 0 spiro atoms. The number of hydrogen-bond acceptors (Lipinski definition) is 2. The van der Waals surface area contributed by atoms with Crippen molar-refractivity contribution in [1.29, 1.82) is 0 Å². The summed E-state index contributed by atoms with van der Waals surface area (Å²) >= 11 is 9.34. The molecule has 0 aromatic heterocycles. The normalized spacial score (nSPS) is 10.0. The largest absolute Gasteiger partial charge is 0.456 e. The zero-order chi connectivity index (χ0) is 12.3. The van der Waals surface area contributed by atoms with Crippen molar-refractivity contribution < 1.29 is 9.53 Å². The predicted octanol–water partition coefficient (Wildman–Crippen LogP) is 4.71. The number of hydrogen-bond donors (Lipinski definition) is 0. The number of carbonyl (C=O) groups is 1. The second kappa shape index (κ2) is 5.34. The summed E-state index contributed by atoms with van der Waals surface area (Å²) < 4.78 is 6.57. The first-order chi connectivity index (χ1) is 8.19. The van der Waals surface area contributed by atoms with Gasteiger partial charge in [-0.2, -0.15) is 0 Å². The van der Waals surface area contributed by atoms with Crippen LogP contribution in [-0.2, 0) is 0 Å². The predicted molar refractivity (Wildman–Crippen MR) is 71.1 cm³/mol. The van der Waals surface area contributed by atoms with E-state index in [1.54, 1.807) is 18.2 Å². The molecule has 0 bridgehead atoms. The van der Waals surface area contributed by atoms with E-state index in [-0.39, 0.29) is 0 Å². The highest BCUT2D eigenvalue weighted by Gasteiger charge is 2.04. The van der Waals surface area contributed by atoms with E-state index in [1.165, 1.54) is 0 Å². The summed E-state index contributed by atoms with van der Waals surface area (Å²) in [5.74, 6) is 1.22. The molecule has 0 radical (unpaired) electrons. The van der Waals surface area contributed by atoms with Gasteiger partial charge in [0, 0.05) is 10.0 Å². The Hall–Kier alpha value is -1.32. The van der Waals surface area contributed by atoms with Crippen LogP contribution >= 0.6 is 27.5 Å². The number of benzene rings is 2. The fraction of sp³-hybridized carbons (Fsp3) is 0. The van der Waals surface area contributed by atoms with Gasteiger partial charge in [0.05, 0.1) is 5.02 Å². The number of carbonyl (C=O) groups excluding carboxylic acids is 1. The summed E-state index contributed by atoms with van der Waals surface area (Å²) in [6, 6.07) is 12.3. The van der Waals surface area contributed by atoms with Crippen molar-refractivity contribution in [3.8, 4) is 11.5 Å². The Morgan fingerprint density at radius 3 is 2.41 bits per heavy atom. The van der Waals surface area contributed by atoms with Gasteiger partial charge in [-0.3, -0.25) is 4.79 Å². The summed E-state index contributed by atoms with van der Waals surface area (Å²) in [5, 5.41) is 0.414. The molecule has 0 aliphatic rings. The Balaban J connectivity index is 2.24. The van der Waals surface area contributed by atoms with Crippen molar-refractivity contribution >= 4 is 33.8 Å². The van der Waals surface area contributed by atoms with Crippen molar-refractivity contribution in [3.63, 3.8) is 0 Å². The molecule has 0 unspecified atom stereocenters. The standard InChI is InChI=1S/C13H8BrClO2/c14-10-2-4-11(5-3-10)17-13-6-1-9(8-16)7-12(13)15/h1-8H. The Morgan fingerprint density at radius 1 is 1.12 bits per heavy atom. The first-order valence-electron chi connectivity index (χ1n) is 4.87. The van der Waals surface area contributed by atoms with Crippen LogP contribution in [0.1, 0.15) is 10.4 Å². The zero-order valence-electron chi connectivity index (χ0n) is 8.69. The van der Waals surface area contributed by atoms with Gasteiger partial charge >= 0.3 is 0 Å². The third-order valence-corrected chi connectivity index (χ3v) is 2.96. The van der Waals surface area contributed by atoms with Gasteiger partial charge in [-0.1, -0.05) is 27.5 Å². The molecule has 2 aromatic rings. The molecule has 2 rings (SSSR count). The van der Waals surface area contributed by atoms with Crippen molar-refractivity contribution in [2.45, 2.75) is 0 Å². The van der Waals surface area contributed by atoms with Crippen LogP contribution in [0.3, 0.4) is 0 Å². The van der Waals surface area contributed by atoms with Crippen LogP contribution in [0, 0.1) is 0 Å². The van der Waals surface area contributed by atoms with E-state index in [9.17, 15) is 4.79 Å². The Bertz CT molecular complexity index is 538. The first-order valence-corrected chi connectivity index (χ1v) is 6.04. The molecule has 0 saturated carbocycles. The molecule has 0 saturated heterocycles. The molecule has 0 amide bonds. The number of aldehydes is 1. The maximum absolute atomic E-state index is 10.6. The van der Waals surface area contributed by atoms with Gasteiger partial charge in [-0.15, -0.1) is 0 Å². The van der Waals surface area contributed by atoms with Gasteiger partial charge in [-0.05, 0) is 42.5 Å². The Kier molecular flexibility index (Phi) is 3.82. The third kappa shape index (κ3) is 3.08. The average Bonchev–Trinajstić information content (AvgIpc) is 2.34. The van der Waals surface area contributed by atoms with Crippen LogP contribution < -0.4 is 4.74 Å². The third-order valence-electron chi connectivity index (χ3n) is 2.13. The van der Waals surface area contributed by atoms with Gasteiger partial charge in [-0.25, -0.2) is 0 Å². The summed E-state index contributed by atoms with van der Waals surface area (Å²) in [7, 11) is 0. The Labute approximate surface area is 112 Å². The quantitative estimate of drug-likeness (QED) is 0.768. The summed E-state index contributed by atoms with van der Waals surface area (Å²) in [6.45, 7) is 0. The fourth-order valence-corrected chi connectivity index (χ4v) is 1.79. The summed E-state index contributed by atoms with van der Waals surface area (Å²) in [6.07, 6.45) is 0.745. The molecule has 17 heavy (non-hydrogen) atoms. The van der Waals surface area contributed by atoms with E-state index in [4.69, 9.17) is 16.3 Å². The molecular weight excluding hydrogens is 303 g/mol. The molecule has 0 N–H and O–H groups in total.